The van der Waals surface area contributed by atoms with Crippen LogP contribution in [0.1, 0.15) is 47.5 Å². The highest BCUT2D eigenvalue weighted by Gasteiger charge is 2.22. The molecule has 0 saturated heterocycles. The van der Waals surface area contributed by atoms with Gasteiger partial charge in [0.25, 0.3) is 0 Å². The first-order valence-electron chi connectivity index (χ1n) is 5.55. The second kappa shape index (κ2) is 6.26. The van der Waals surface area contributed by atoms with Gasteiger partial charge in [0.1, 0.15) is 0 Å². The zero-order valence-corrected chi connectivity index (χ0v) is 11.4. The molecular weight excluding hydrogens is 208 g/mol. The number of thiol groups is 1. The molecule has 3 nitrogen and oxygen atoms in total. The molecule has 15 heavy (non-hydrogen) atoms. The van der Waals surface area contributed by atoms with E-state index < -0.39 is 0 Å². The standard InChI is InChI=1S/C11H24N2OS/c1-6-7-11(4,5)8-13(15)10(14)12-9(2)3/h9,15H,6-8H2,1-5H3,(H,12,14). The maximum atomic E-state index is 11.6. The van der Waals surface area contributed by atoms with Gasteiger partial charge in [-0.25, -0.2) is 4.79 Å². The van der Waals surface area contributed by atoms with Gasteiger partial charge in [0.15, 0.2) is 0 Å². The molecule has 0 aromatic heterocycles. The molecule has 4 heteroatoms. The highest BCUT2D eigenvalue weighted by atomic mass is 32.1. The van der Waals surface area contributed by atoms with Gasteiger partial charge in [-0.15, -0.1) is 0 Å². The van der Waals surface area contributed by atoms with Crippen molar-refractivity contribution in [2.75, 3.05) is 6.54 Å². The molecule has 0 atom stereocenters. The fourth-order valence-electron chi connectivity index (χ4n) is 1.55. The number of nitrogens with one attached hydrogen (secondary N) is 1. The monoisotopic (exact) mass is 232 g/mol. The van der Waals surface area contributed by atoms with Crippen molar-refractivity contribution in [1.29, 1.82) is 0 Å². The fourth-order valence-corrected chi connectivity index (χ4v) is 2.00. The molecule has 1 N–H and O–H groups in total. The molecule has 0 unspecified atom stereocenters. The molecule has 0 fully saturated rings. The third kappa shape index (κ3) is 6.66. The van der Waals surface area contributed by atoms with Gasteiger partial charge < -0.3 is 5.32 Å². The summed E-state index contributed by atoms with van der Waals surface area (Å²) < 4.78 is 1.47. The summed E-state index contributed by atoms with van der Waals surface area (Å²) in [7, 11) is 0. The van der Waals surface area contributed by atoms with Crippen LogP contribution in [0.4, 0.5) is 4.79 Å². The van der Waals surface area contributed by atoms with Gasteiger partial charge >= 0.3 is 6.03 Å². The molecule has 0 aliphatic heterocycles. The lowest BCUT2D eigenvalue weighted by atomic mass is 9.88. The summed E-state index contributed by atoms with van der Waals surface area (Å²) >= 11 is 4.21. The minimum atomic E-state index is -0.113. The van der Waals surface area contributed by atoms with Gasteiger partial charge in [-0.1, -0.05) is 40.0 Å². The zero-order valence-electron chi connectivity index (χ0n) is 10.5. The average molecular weight is 232 g/mol. The molecule has 0 aromatic carbocycles. The van der Waals surface area contributed by atoms with Gasteiger partial charge in [0.05, 0.1) is 0 Å². The average Bonchev–Trinajstić information content (AvgIpc) is 2.01. The first-order valence-corrected chi connectivity index (χ1v) is 5.95. The lowest BCUT2D eigenvalue weighted by Gasteiger charge is -2.29. The van der Waals surface area contributed by atoms with Crippen molar-refractivity contribution >= 4 is 18.8 Å². The van der Waals surface area contributed by atoms with Crippen molar-refractivity contribution in [2.24, 2.45) is 5.41 Å². The molecule has 0 aromatic rings. The summed E-state index contributed by atoms with van der Waals surface area (Å²) in [4.78, 5) is 11.6. The van der Waals surface area contributed by atoms with E-state index in [2.05, 4.69) is 38.9 Å². The van der Waals surface area contributed by atoms with Gasteiger partial charge in [-0.2, -0.15) is 0 Å². The van der Waals surface area contributed by atoms with Crippen molar-refractivity contribution in [2.45, 2.75) is 53.5 Å². The van der Waals surface area contributed by atoms with E-state index in [-0.39, 0.29) is 17.5 Å². The summed E-state index contributed by atoms with van der Waals surface area (Å²) in [6, 6.07) is 0.0407. The molecule has 0 spiro atoms. The van der Waals surface area contributed by atoms with E-state index in [1.807, 2.05) is 13.8 Å². The number of urea groups is 1. The van der Waals surface area contributed by atoms with Crippen molar-refractivity contribution in [3.05, 3.63) is 0 Å². The number of carbonyl (C=O) groups is 1. The Morgan fingerprint density at radius 3 is 2.40 bits per heavy atom. The summed E-state index contributed by atoms with van der Waals surface area (Å²) in [5.41, 5.74) is 0.130. The van der Waals surface area contributed by atoms with E-state index in [4.69, 9.17) is 0 Å². The third-order valence-electron chi connectivity index (χ3n) is 2.15. The minimum Gasteiger partial charge on any atom is -0.335 e. The highest BCUT2D eigenvalue weighted by molar-refractivity contribution is 7.78. The number of hydrogen-bond donors (Lipinski definition) is 2. The normalized spacial score (nSPS) is 11.7. The van der Waals surface area contributed by atoms with Crippen LogP contribution < -0.4 is 5.32 Å². The second-order valence-electron chi connectivity index (χ2n) is 5.08. The largest absolute Gasteiger partial charge is 0.335 e. The van der Waals surface area contributed by atoms with Gasteiger partial charge in [-0.3, -0.25) is 4.31 Å². The van der Waals surface area contributed by atoms with E-state index in [9.17, 15) is 4.79 Å². The maximum absolute atomic E-state index is 11.6. The van der Waals surface area contributed by atoms with Crippen LogP contribution in [0.3, 0.4) is 0 Å². The Labute approximate surface area is 99.2 Å². The van der Waals surface area contributed by atoms with Crippen LogP contribution >= 0.6 is 12.8 Å². The molecule has 0 aliphatic rings. The molecule has 2 amide bonds. The molecule has 0 aliphatic carbocycles. The van der Waals surface area contributed by atoms with Crippen LogP contribution in [-0.4, -0.2) is 22.9 Å². The maximum Gasteiger partial charge on any atom is 0.327 e. The minimum absolute atomic E-state index is 0.113. The van der Waals surface area contributed by atoms with Crippen LogP contribution in [0.25, 0.3) is 0 Å². The second-order valence-corrected chi connectivity index (χ2v) is 5.56. The molecule has 0 rings (SSSR count). The van der Waals surface area contributed by atoms with E-state index in [1.165, 1.54) is 4.31 Å². The number of hydrogen-bond acceptors (Lipinski definition) is 2. The van der Waals surface area contributed by atoms with Crippen molar-refractivity contribution in [1.82, 2.24) is 9.62 Å². The molecule has 0 saturated carbocycles. The predicted molar refractivity (Wildman–Crippen MR) is 68.0 cm³/mol. The molecule has 90 valence electrons. The fraction of sp³-hybridized carbons (Fsp3) is 0.909. The van der Waals surface area contributed by atoms with Crippen molar-refractivity contribution < 1.29 is 4.79 Å². The Bertz CT molecular complexity index is 205. The van der Waals surface area contributed by atoms with Crippen LogP contribution in [0.2, 0.25) is 0 Å². The Morgan fingerprint density at radius 1 is 1.47 bits per heavy atom. The summed E-state index contributed by atoms with van der Waals surface area (Å²) in [6.07, 6.45) is 2.22. The lowest BCUT2D eigenvalue weighted by molar-refractivity contribution is 0.204. The van der Waals surface area contributed by atoms with E-state index >= 15 is 0 Å². The SMILES string of the molecule is CCCC(C)(C)CN(S)C(=O)NC(C)C. The molecule has 0 heterocycles. The predicted octanol–water partition coefficient (Wildman–Crippen LogP) is 3.08. The van der Waals surface area contributed by atoms with Crippen LogP contribution in [-0.2, 0) is 0 Å². The van der Waals surface area contributed by atoms with Crippen LogP contribution in [0, 0.1) is 5.41 Å². The van der Waals surface area contributed by atoms with E-state index in [0.717, 1.165) is 12.8 Å². The number of nitrogens with zero attached hydrogens (tertiary/aromatic N) is 1. The highest BCUT2D eigenvalue weighted by Crippen LogP contribution is 2.24. The van der Waals surface area contributed by atoms with Crippen LogP contribution in [0.15, 0.2) is 0 Å². The number of carbonyl (C=O) groups excluding carboxylic acids is 1. The smallest absolute Gasteiger partial charge is 0.327 e. The quantitative estimate of drug-likeness (QED) is 0.702. The number of amides is 2. The Balaban J connectivity index is 4.11. The topological polar surface area (TPSA) is 32.3 Å². The summed E-state index contributed by atoms with van der Waals surface area (Å²) in [5, 5.41) is 2.82. The van der Waals surface area contributed by atoms with Crippen molar-refractivity contribution in [3.63, 3.8) is 0 Å². The summed E-state index contributed by atoms with van der Waals surface area (Å²) in [6.45, 7) is 11.0. The molecular formula is C11H24N2OS. The first kappa shape index (κ1) is 14.6. The Morgan fingerprint density at radius 2 is 2.00 bits per heavy atom. The van der Waals surface area contributed by atoms with E-state index in [0.29, 0.717) is 6.54 Å². The number of rotatable bonds is 5. The van der Waals surface area contributed by atoms with Gasteiger partial charge in [-0.05, 0) is 25.7 Å². The van der Waals surface area contributed by atoms with Gasteiger partial charge in [0.2, 0.25) is 0 Å². The first-order chi connectivity index (χ1) is 6.78. The third-order valence-corrected chi connectivity index (χ3v) is 2.47. The van der Waals surface area contributed by atoms with Crippen LogP contribution in [0.5, 0.6) is 0 Å². The Hall–Kier alpha value is -0.380. The lowest BCUT2D eigenvalue weighted by Crippen LogP contribution is -2.41. The van der Waals surface area contributed by atoms with E-state index in [1.54, 1.807) is 0 Å². The molecule has 0 bridgehead atoms. The Kier molecular flexibility index (Phi) is 6.10. The van der Waals surface area contributed by atoms with Gasteiger partial charge in [0, 0.05) is 12.6 Å². The summed E-state index contributed by atoms with van der Waals surface area (Å²) in [5.74, 6) is 0. The van der Waals surface area contributed by atoms with Crippen molar-refractivity contribution in [3.8, 4) is 0 Å². The molecule has 0 radical (unpaired) electrons. The zero-order chi connectivity index (χ0) is 12.1.